The van der Waals surface area contributed by atoms with Gasteiger partial charge in [-0.15, -0.1) is 11.3 Å². The van der Waals surface area contributed by atoms with E-state index in [0.717, 1.165) is 41.2 Å². The number of unbranched alkanes of at least 4 members (excludes halogenated alkanes) is 1. The normalized spacial score (nSPS) is 10.8. The summed E-state index contributed by atoms with van der Waals surface area (Å²) in [7, 11) is 1.66. The molecule has 142 valence electrons. The van der Waals surface area contributed by atoms with E-state index in [2.05, 4.69) is 21.8 Å². The average molecular weight is 384 g/mol. The van der Waals surface area contributed by atoms with E-state index in [1.165, 1.54) is 0 Å². The predicted molar refractivity (Wildman–Crippen MR) is 110 cm³/mol. The van der Waals surface area contributed by atoms with Crippen LogP contribution in [0.4, 0.5) is 0 Å². The van der Waals surface area contributed by atoms with Crippen molar-refractivity contribution in [3.63, 3.8) is 0 Å². The number of ether oxygens (including phenoxy) is 1. The van der Waals surface area contributed by atoms with E-state index in [0.29, 0.717) is 18.7 Å². The number of rotatable bonds is 8. The third kappa shape index (κ3) is 4.39. The third-order valence-corrected chi connectivity index (χ3v) is 5.21. The maximum absolute atomic E-state index is 12.7. The van der Waals surface area contributed by atoms with E-state index >= 15 is 0 Å². The van der Waals surface area contributed by atoms with Crippen molar-refractivity contribution < 1.29 is 9.53 Å². The van der Waals surface area contributed by atoms with E-state index in [1.54, 1.807) is 18.4 Å². The Morgan fingerprint density at radius 2 is 2.07 bits per heavy atom. The van der Waals surface area contributed by atoms with Crippen LogP contribution in [0.15, 0.2) is 41.2 Å². The first-order valence-electron chi connectivity index (χ1n) is 9.13. The smallest absolute Gasteiger partial charge is 0.253 e. The fourth-order valence-corrected chi connectivity index (χ4v) is 3.56. The van der Waals surface area contributed by atoms with E-state index in [4.69, 9.17) is 4.74 Å². The number of hydrogen-bond acceptors (Lipinski definition) is 4. The summed E-state index contributed by atoms with van der Waals surface area (Å²) < 4.78 is 7.40. The molecule has 2 heterocycles. The van der Waals surface area contributed by atoms with Gasteiger partial charge in [0.15, 0.2) is 0 Å². The number of hydrogen-bond donors (Lipinski definition) is 1. The molecule has 6 heteroatoms. The van der Waals surface area contributed by atoms with Crippen LogP contribution in [-0.2, 0) is 6.54 Å². The highest BCUT2D eigenvalue weighted by Crippen LogP contribution is 2.27. The summed E-state index contributed by atoms with van der Waals surface area (Å²) in [6.07, 6.45) is 2.04. The number of methoxy groups -OCH3 is 1. The minimum absolute atomic E-state index is 0.0223. The number of thiazole rings is 1. The van der Waals surface area contributed by atoms with Crippen LogP contribution >= 0.6 is 11.3 Å². The lowest BCUT2D eigenvalue weighted by molar-refractivity contribution is 0.0952. The zero-order valence-corrected chi connectivity index (χ0v) is 16.8. The lowest BCUT2D eigenvalue weighted by atomic mass is 10.2. The van der Waals surface area contributed by atoms with Crippen LogP contribution in [0.1, 0.15) is 41.4 Å². The SMILES string of the molecule is CCCCNC(=O)c1cc(-c2cscn2)n(Cc2ccc(OC)cc2)c1C. The molecule has 3 rings (SSSR count). The summed E-state index contributed by atoms with van der Waals surface area (Å²) in [5.41, 5.74) is 6.47. The van der Waals surface area contributed by atoms with Gasteiger partial charge in [-0.05, 0) is 37.1 Å². The first-order valence-corrected chi connectivity index (χ1v) is 10.1. The Hall–Kier alpha value is -2.60. The zero-order chi connectivity index (χ0) is 19.2. The van der Waals surface area contributed by atoms with Gasteiger partial charge in [0.05, 0.1) is 29.6 Å². The molecule has 0 bridgehead atoms. The lowest BCUT2D eigenvalue weighted by Gasteiger charge is -2.12. The number of benzene rings is 1. The molecule has 5 nitrogen and oxygen atoms in total. The van der Waals surface area contributed by atoms with Gasteiger partial charge in [-0.1, -0.05) is 25.5 Å². The molecule has 2 aromatic heterocycles. The summed E-state index contributed by atoms with van der Waals surface area (Å²) in [4.78, 5) is 17.1. The number of carbonyl (C=O) groups excluding carboxylic acids is 1. The maximum atomic E-state index is 12.7. The van der Waals surface area contributed by atoms with Gasteiger partial charge in [0.25, 0.3) is 5.91 Å². The molecule has 0 spiro atoms. The zero-order valence-electron chi connectivity index (χ0n) is 16.0. The molecule has 0 atom stereocenters. The van der Waals surface area contributed by atoms with Crippen molar-refractivity contribution in [3.8, 4) is 17.1 Å². The Labute approximate surface area is 164 Å². The van der Waals surface area contributed by atoms with Crippen LogP contribution in [0.3, 0.4) is 0 Å². The Kier molecular flexibility index (Phi) is 6.29. The third-order valence-electron chi connectivity index (χ3n) is 4.62. The van der Waals surface area contributed by atoms with Crippen LogP contribution in [0.5, 0.6) is 5.75 Å². The number of nitrogens with zero attached hydrogens (tertiary/aromatic N) is 2. The van der Waals surface area contributed by atoms with Gasteiger partial charge in [0, 0.05) is 24.2 Å². The molecule has 0 fully saturated rings. The molecule has 3 aromatic rings. The molecule has 0 aliphatic heterocycles. The standard InChI is InChI=1S/C21H25N3O2S/c1-4-5-10-22-21(25)18-11-20(19-13-27-14-23-19)24(15(18)2)12-16-6-8-17(26-3)9-7-16/h6-9,11,13-14H,4-5,10,12H2,1-3H3,(H,22,25). The second-order valence-corrected chi connectivity index (χ2v) is 7.16. The monoisotopic (exact) mass is 383 g/mol. The van der Waals surface area contributed by atoms with Gasteiger partial charge in [-0.25, -0.2) is 4.98 Å². The van der Waals surface area contributed by atoms with Crippen molar-refractivity contribution in [2.24, 2.45) is 0 Å². The average Bonchev–Trinajstić information content (AvgIpc) is 3.31. The summed E-state index contributed by atoms with van der Waals surface area (Å²) >= 11 is 1.55. The predicted octanol–water partition coefficient (Wildman–Crippen LogP) is 4.51. The summed E-state index contributed by atoms with van der Waals surface area (Å²) in [5.74, 6) is 0.810. The molecule has 0 aliphatic rings. The summed E-state index contributed by atoms with van der Waals surface area (Å²) in [6.45, 7) is 5.48. The van der Waals surface area contributed by atoms with E-state index < -0.39 is 0 Å². The van der Waals surface area contributed by atoms with Crippen molar-refractivity contribution in [3.05, 3.63) is 58.0 Å². The van der Waals surface area contributed by atoms with Gasteiger partial charge in [-0.2, -0.15) is 0 Å². The second-order valence-electron chi connectivity index (χ2n) is 6.45. The molecule has 27 heavy (non-hydrogen) atoms. The van der Waals surface area contributed by atoms with Crippen molar-refractivity contribution in [1.82, 2.24) is 14.9 Å². The Morgan fingerprint density at radius 1 is 1.30 bits per heavy atom. The summed E-state index contributed by atoms with van der Waals surface area (Å²) in [5, 5.41) is 5.03. The molecule has 0 saturated carbocycles. The van der Waals surface area contributed by atoms with Crippen molar-refractivity contribution in [2.45, 2.75) is 33.2 Å². The highest BCUT2D eigenvalue weighted by atomic mass is 32.1. The number of carbonyl (C=O) groups is 1. The highest BCUT2D eigenvalue weighted by molar-refractivity contribution is 7.07. The van der Waals surface area contributed by atoms with E-state index in [1.807, 2.05) is 48.1 Å². The van der Waals surface area contributed by atoms with Crippen molar-refractivity contribution >= 4 is 17.2 Å². The number of aromatic nitrogens is 2. The molecular formula is C21H25N3O2S. The van der Waals surface area contributed by atoms with E-state index in [9.17, 15) is 4.79 Å². The van der Waals surface area contributed by atoms with Crippen LogP contribution < -0.4 is 10.1 Å². The highest BCUT2D eigenvalue weighted by Gasteiger charge is 2.19. The summed E-state index contributed by atoms with van der Waals surface area (Å²) in [6, 6.07) is 9.95. The van der Waals surface area contributed by atoms with Gasteiger partial charge in [0.1, 0.15) is 5.75 Å². The quantitative estimate of drug-likeness (QED) is 0.583. The minimum atomic E-state index is -0.0223. The van der Waals surface area contributed by atoms with Gasteiger partial charge >= 0.3 is 0 Å². The number of amides is 1. The lowest BCUT2D eigenvalue weighted by Crippen LogP contribution is -2.24. The first kappa shape index (κ1) is 19.2. The topological polar surface area (TPSA) is 56.2 Å². The Morgan fingerprint density at radius 3 is 2.70 bits per heavy atom. The van der Waals surface area contributed by atoms with Crippen molar-refractivity contribution in [2.75, 3.05) is 13.7 Å². The number of nitrogens with one attached hydrogen (secondary N) is 1. The van der Waals surface area contributed by atoms with Crippen LogP contribution in [-0.4, -0.2) is 29.1 Å². The molecule has 0 saturated heterocycles. The fourth-order valence-electron chi connectivity index (χ4n) is 3.02. The largest absolute Gasteiger partial charge is 0.497 e. The molecule has 1 aromatic carbocycles. The van der Waals surface area contributed by atoms with Gasteiger partial charge < -0.3 is 14.6 Å². The van der Waals surface area contributed by atoms with E-state index in [-0.39, 0.29) is 5.91 Å². The van der Waals surface area contributed by atoms with Crippen LogP contribution in [0, 0.1) is 6.92 Å². The Bertz CT molecular complexity index is 883. The fraction of sp³-hybridized carbons (Fsp3) is 0.333. The Balaban J connectivity index is 1.93. The second kappa shape index (κ2) is 8.86. The molecule has 0 aliphatic carbocycles. The maximum Gasteiger partial charge on any atom is 0.253 e. The minimum Gasteiger partial charge on any atom is -0.497 e. The molecule has 1 amide bonds. The van der Waals surface area contributed by atoms with Crippen LogP contribution in [0.25, 0.3) is 11.4 Å². The first-order chi connectivity index (χ1) is 13.1. The van der Waals surface area contributed by atoms with Crippen molar-refractivity contribution in [1.29, 1.82) is 0 Å². The molecular weight excluding hydrogens is 358 g/mol. The molecule has 0 radical (unpaired) electrons. The van der Waals surface area contributed by atoms with Gasteiger partial charge in [0.2, 0.25) is 0 Å². The molecule has 1 N–H and O–H groups in total. The van der Waals surface area contributed by atoms with Crippen LogP contribution in [0.2, 0.25) is 0 Å². The molecule has 0 unspecified atom stereocenters. The van der Waals surface area contributed by atoms with Gasteiger partial charge in [-0.3, -0.25) is 4.79 Å².